The minimum Gasteiger partial charge on any atom is -0.345 e. The molecular weight excluding hydrogens is 336 g/mol. The number of carbonyl (C=O) groups excluding carboxylic acids is 1. The Morgan fingerprint density at radius 3 is 2.32 bits per heavy atom. The van der Waals surface area contributed by atoms with Gasteiger partial charge in [0.05, 0.1) is 10.9 Å². The van der Waals surface area contributed by atoms with E-state index in [9.17, 15) is 13.2 Å². The molecule has 2 aromatic rings. The van der Waals surface area contributed by atoms with Crippen LogP contribution in [0.15, 0.2) is 59.5 Å². The first-order valence-electron chi connectivity index (χ1n) is 8.23. The fourth-order valence-electron chi connectivity index (χ4n) is 2.60. The average Bonchev–Trinajstić information content (AvgIpc) is 2.61. The van der Waals surface area contributed by atoms with E-state index in [2.05, 4.69) is 23.9 Å². The van der Waals surface area contributed by atoms with Crippen LogP contribution in [0.3, 0.4) is 0 Å². The van der Waals surface area contributed by atoms with Crippen molar-refractivity contribution in [2.75, 3.05) is 7.05 Å². The lowest BCUT2D eigenvalue weighted by Gasteiger charge is -2.21. The number of rotatable bonds is 7. The smallest absolute Gasteiger partial charge is 0.251 e. The third-order valence-electron chi connectivity index (χ3n) is 3.89. The maximum absolute atomic E-state index is 12.7. The molecule has 5 nitrogen and oxygen atoms in total. The van der Waals surface area contributed by atoms with E-state index < -0.39 is 10.0 Å². The molecule has 6 heteroatoms. The van der Waals surface area contributed by atoms with Crippen LogP contribution in [0.4, 0.5) is 0 Å². The van der Waals surface area contributed by atoms with E-state index in [1.165, 1.54) is 19.2 Å². The lowest BCUT2D eigenvalue weighted by Crippen LogP contribution is -2.29. The maximum atomic E-state index is 12.7. The molecule has 0 aliphatic carbocycles. The summed E-state index contributed by atoms with van der Waals surface area (Å²) in [6.07, 6.45) is 0.796. The van der Waals surface area contributed by atoms with Crippen molar-refractivity contribution in [3.05, 3.63) is 65.7 Å². The molecular formula is C19H24N2O3S. The molecule has 2 aromatic carbocycles. The van der Waals surface area contributed by atoms with Crippen molar-refractivity contribution in [3.63, 3.8) is 0 Å². The molecule has 1 atom stereocenters. The summed E-state index contributed by atoms with van der Waals surface area (Å²) in [6, 6.07) is 15.7. The summed E-state index contributed by atoms with van der Waals surface area (Å²) < 4.78 is 26.1. The molecule has 2 N–H and O–H groups in total. The second-order valence-corrected chi connectivity index (χ2v) is 8.19. The molecule has 0 aromatic heterocycles. The van der Waals surface area contributed by atoms with Crippen LogP contribution in [0, 0.1) is 5.92 Å². The molecule has 0 aliphatic rings. The summed E-state index contributed by atoms with van der Waals surface area (Å²) in [5.41, 5.74) is 1.35. The minimum atomic E-state index is -3.58. The summed E-state index contributed by atoms with van der Waals surface area (Å²) in [6.45, 7) is 4.20. The Bertz CT molecular complexity index is 818. The molecule has 1 unspecified atom stereocenters. The molecule has 2 rings (SSSR count). The van der Waals surface area contributed by atoms with Gasteiger partial charge in [-0.2, -0.15) is 0 Å². The summed E-state index contributed by atoms with van der Waals surface area (Å²) in [5.74, 6) is 0.115. The monoisotopic (exact) mass is 360 g/mol. The first-order valence-corrected chi connectivity index (χ1v) is 9.71. The van der Waals surface area contributed by atoms with Gasteiger partial charge in [-0.05, 0) is 43.1 Å². The van der Waals surface area contributed by atoms with Crippen molar-refractivity contribution in [2.24, 2.45) is 5.92 Å². The van der Waals surface area contributed by atoms with Crippen LogP contribution in [0.1, 0.15) is 42.2 Å². The predicted molar refractivity (Wildman–Crippen MR) is 98.8 cm³/mol. The number of hydrogen-bond donors (Lipinski definition) is 2. The van der Waals surface area contributed by atoms with Gasteiger partial charge >= 0.3 is 0 Å². The van der Waals surface area contributed by atoms with Gasteiger partial charge in [-0.15, -0.1) is 0 Å². The first kappa shape index (κ1) is 19.1. The zero-order chi connectivity index (χ0) is 18.4. The highest BCUT2D eigenvalue weighted by Gasteiger charge is 2.19. The highest BCUT2D eigenvalue weighted by molar-refractivity contribution is 7.89. The maximum Gasteiger partial charge on any atom is 0.251 e. The van der Waals surface area contributed by atoms with Crippen molar-refractivity contribution in [1.29, 1.82) is 0 Å². The molecule has 0 aliphatic heterocycles. The Hall–Kier alpha value is -2.18. The van der Waals surface area contributed by atoms with E-state index in [0.29, 0.717) is 11.5 Å². The summed E-state index contributed by atoms with van der Waals surface area (Å²) >= 11 is 0. The number of amides is 1. The van der Waals surface area contributed by atoms with Crippen molar-refractivity contribution in [3.8, 4) is 0 Å². The normalized spacial score (nSPS) is 12.8. The molecule has 1 amide bonds. The minimum absolute atomic E-state index is 0.0720. The molecule has 134 valence electrons. The van der Waals surface area contributed by atoms with Crippen molar-refractivity contribution >= 4 is 15.9 Å². The van der Waals surface area contributed by atoms with E-state index in [1.807, 2.05) is 30.3 Å². The van der Waals surface area contributed by atoms with Crippen LogP contribution in [0.2, 0.25) is 0 Å². The van der Waals surface area contributed by atoms with E-state index in [0.717, 1.165) is 12.0 Å². The van der Waals surface area contributed by atoms with Crippen molar-refractivity contribution < 1.29 is 13.2 Å². The number of nitrogens with one attached hydrogen (secondary N) is 2. The van der Waals surface area contributed by atoms with Gasteiger partial charge in [-0.3, -0.25) is 4.79 Å². The largest absolute Gasteiger partial charge is 0.345 e. The number of sulfonamides is 1. The highest BCUT2D eigenvalue weighted by Crippen LogP contribution is 2.22. The number of carbonyl (C=O) groups is 1. The molecule has 0 radical (unpaired) electrons. The van der Waals surface area contributed by atoms with Crippen molar-refractivity contribution in [1.82, 2.24) is 10.0 Å². The van der Waals surface area contributed by atoms with Crippen LogP contribution in [0.25, 0.3) is 0 Å². The van der Waals surface area contributed by atoms with Gasteiger partial charge in [0, 0.05) is 5.56 Å². The van der Waals surface area contributed by atoms with Gasteiger partial charge in [-0.1, -0.05) is 50.2 Å². The second kappa shape index (κ2) is 8.27. The van der Waals surface area contributed by atoms with Gasteiger partial charge in [0.2, 0.25) is 10.0 Å². The van der Waals surface area contributed by atoms with Crippen LogP contribution in [0.5, 0.6) is 0 Å². The SMILES string of the molecule is CNS(=O)(=O)c1cccc(C(=O)NC(CC(C)C)c2ccccc2)c1. The predicted octanol–water partition coefficient (Wildman–Crippen LogP) is 3.11. The summed E-state index contributed by atoms with van der Waals surface area (Å²) in [5, 5.41) is 3.02. The number of benzene rings is 2. The topological polar surface area (TPSA) is 75.3 Å². The summed E-state index contributed by atoms with van der Waals surface area (Å²) in [7, 11) is -2.24. The van der Waals surface area contributed by atoms with Gasteiger partial charge in [0.25, 0.3) is 5.91 Å². The lowest BCUT2D eigenvalue weighted by molar-refractivity contribution is 0.0931. The van der Waals surface area contributed by atoms with Gasteiger partial charge < -0.3 is 5.32 Å². The second-order valence-electron chi connectivity index (χ2n) is 6.30. The quantitative estimate of drug-likeness (QED) is 0.797. The summed E-state index contributed by atoms with van der Waals surface area (Å²) in [4.78, 5) is 12.7. The molecule has 0 spiro atoms. The molecule has 0 saturated carbocycles. The van der Waals surface area contributed by atoms with Crippen LogP contribution < -0.4 is 10.0 Å². The number of hydrogen-bond acceptors (Lipinski definition) is 3. The van der Waals surface area contributed by atoms with Crippen LogP contribution >= 0.6 is 0 Å². The Labute approximate surface area is 149 Å². The van der Waals surface area contributed by atoms with Gasteiger partial charge in [-0.25, -0.2) is 13.1 Å². The van der Waals surface area contributed by atoms with Crippen molar-refractivity contribution in [2.45, 2.75) is 31.2 Å². The Morgan fingerprint density at radius 1 is 1.04 bits per heavy atom. The van der Waals surface area contributed by atoms with Gasteiger partial charge in [0.1, 0.15) is 0 Å². The standard InChI is InChI=1S/C19H24N2O3S/c1-14(2)12-18(15-8-5-4-6-9-15)21-19(22)16-10-7-11-17(13-16)25(23,24)20-3/h4-11,13-14,18,20H,12H2,1-3H3,(H,21,22). The fourth-order valence-corrected chi connectivity index (χ4v) is 3.37. The molecule has 0 bridgehead atoms. The van der Waals surface area contributed by atoms with Gasteiger partial charge in [0.15, 0.2) is 0 Å². The molecule has 25 heavy (non-hydrogen) atoms. The Kier molecular flexibility index (Phi) is 6.33. The average molecular weight is 360 g/mol. The molecule has 0 heterocycles. The Morgan fingerprint density at radius 2 is 1.72 bits per heavy atom. The fraction of sp³-hybridized carbons (Fsp3) is 0.316. The van der Waals surface area contributed by atoms with E-state index in [-0.39, 0.29) is 16.8 Å². The zero-order valence-electron chi connectivity index (χ0n) is 14.7. The van der Waals surface area contributed by atoms with Crippen LogP contribution in [-0.4, -0.2) is 21.4 Å². The van der Waals surface area contributed by atoms with E-state index in [4.69, 9.17) is 0 Å². The lowest BCUT2D eigenvalue weighted by atomic mass is 9.96. The Balaban J connectivity index is 2.25. The van der Waals surface area contributed by atoms with E-state index in [1.54, 1.807) is 12.1 Å². The third-order valence-corrected chi connectivity index (χ3v) is 5.30. The zero-order valence-corrected chi connectivity index (χ0v) is 15.5. The third kappa shape index (κ3) is 5.14. The van der Waals surface area contributed by atoms with E-state index >= 15 is 0 Å². The van der Waals surface area contributed by atoms with Crippen LogP contribution in [-0.2, 0) is 10.0 Å². The first-order chi connectivity index (χ1) is 11.8. The molecule has 0 saturated heterocycles. The molecule has 0 fully saturated rings. The highest BCUT2D eigenvalue weighted by atomic mass is 32.2.